The second-order valence-electron chi connectivity index (χ2n) is 4.38. The first-order valence-corrected chi connectivity index (χ1v) is 16.9. The Morgan fingerprint density at radius 1 is 1.37 bits per heavy atom. The topological polar surface area (TPSA) is 33.1 Å². The molecule has 3 rings (SSSR count). The number of piperazine rings is 1. The van der Waals surface area contributed by atoms with Gasteiger partial charge in [-0.1, -0.05) is 0 Å². The summed E-state index contributed by atoms with van der Waals surface area (Å²) in [5.41, 5.74) is 1.11. The van der Waals surface area contributed by atoms with Crippen molar-refractivity contribution in [2.75, 3.05) is 31.1 Å². The van der Waals surface area contributed by atoms with Crippen molar-refractivity contribution in [2.24, 2.45) is 0 Å². The van der Waals surface area contributed by atoms with E-state index >= 15 is 0 Å². The molecule has 0 saturated carbocycles. The summed E-state index contributed by atoms with van der Waals surface area (Å²) in [6, 6.07) is 4.30. The van der Waals surface area contributed by atoms with Crippen LogP contribution in [0, 0.1) is 0 Å². The standard InChI is InChI=1S/C11H12BrN4.PS.Tl/c12-9-7-14-11-8(9)1-2-10(15-11)16-5-3-13-4-6-16;1-2;/h1-2,7,13H,3-6H2;;/q2*-1;+3. The van der Waals surface area contributed by atoms with Crippen LogP contribution >= 0.6 is 19.9 Å². The van der Waals surface area contributed by atoms with Gasteiger partial charge in [-0.2, -0.15) is 0 Å². The van der Waals surface area contributed by atoms with Gasteiger partial charge in [-0.3, -0.25) is 0 Å². The fourth-order valence-corrected chi connectivity index (χ4v) is 11.2. The van der Waals surface area contributed by atoms with Gasteiger partial charge >= 0.3 is 139 Å². The number of nitrogens with zero attached hydrogens (tertiary/aromatic N) is 3. The number of pyridine rings is 1. The Morgan fingerprint density at radius 2 is 2.16 bits per heavy atom. The van der Waals surface area contributed by atoms with E-state index in [0.717, 1.165) is 46.1 Å². The van der Waals surface area contributed by atoms with E-state index in [2.05, 4.69) is 46.9 Å². The third kappa shape index (κ3) is 3.07. The zero-order valence-electron chi connectivity index (χ0n) is 10.2. The monoisotopic (exact) mass is 547 g/mol. The van der Waals surface area contributed by atoms with Gasteiger partial charge in [0.05, 0.1) is 0 Å². The van der Waals surface area contributed by atoms with E-state index in [9.17, 15) is 0 Å². The molecule has 0 unspecified atom stereocenters. The zero-order chi connectivity index (χ0) is 13.2. The van der Waals surface area contributed by atoms with Gasteiger partial charge in [-0.25, -0.2) is 0 Å². The molecular formula is C11H12BrN4PSTl+. The molecule has 1 aliphatic heterocycles. The van der Waals surface area contributed by atoms with Gasteiger partial charge in [0.15, 0.2) is 0 Å². The molecule has 0 spiro atoms. The molecule has 1 saturated heterocycles. The van der Waals surface area contributed by atoms with Gasteiger partial charge in [-0.05, 0) is 0 Å². The van der Waals surface area contributed by atoms with Crippen LogP contribution in [0.1, 0.15) is 0 Å². The van der Waals surface area contributed by atoms with Gasteiger partial charge in [-0.15, -0.1) is 0 Å². The Morgan fingerprint density at radius 3 is 2.89 bits per heavy atom. The first-order chi connectivity index (χ1) is 9.29. The van der Waals surface area contributed by atoms with Crippen molar-refractivity contribution in [1.82, 2.24) is 12.7 Å². The molecule has 96 valence electrons. The molecule has 1 N–H and O–H groups in total. The Hall–Kier alpha value is 0.502. The molecule has 0 bridgehead atoms. The molecule has 2 aromatic heterocycles. The van der Waals surface area contributed by atoms with E-state index in [1.807, 2.05) is 0 Å². The Kier molecular flexibility index (Phi) is 4.95. The number of halogens is 1. The van der Waals surface area contributed by atoms with Crippen molar-refractivity contribution in [1.29, 1.82) is 0 Å². The minimum atomic E-state index is -1.10. The van der Waals surface area contributed by atoms with Crippen LogP contribution in [-0.2, 0) is 11.8 Å². The summed E-state index contributed by atoms with van der Waals surface area (Å²) in [6.45, 7) is 4.13. The number of nitrogens with one attached hydrogen (secondary N) is 1. The van der Waals surface area contributed by atoms with Crippen LogP contribution in [-0.4, -0.2) is 56.9 Å². The van der Waals surface area contributed by atoms with E-state index in [0.29, 0.717) is 0 Å². The summed E-state index contributed by atoms with van der Waals surface area (Å²) in [7, 11) is 0. The Bertz CT molecular complexity index is 664. The number of rotatable bonds is 2. The minimum absolute atomic E-state index is 1.03. The molecule has 19 heavy (non-hydrogen) atoms. The first kappa shape index (κ1) is 14.4. The van der Waals surface area contributed by atoms with Crippen LogP contribution in [0.3, 0.4) is 0 Å². The molecule has 8 heteroatoms. The van der Waals surface area contributed by atoms with Crippen molar-refractivity contribution >= 4 is 72.0 Å². The molecule has 2 aromatic rings. The van der Waals surface area contributed by atoms with Gasteiger partial charge in [0, 0.05) is 0 Å². The molecule has 3 heterocycles. The van der Waals surface area contributed by atoms with Crippen molar-refractivity contribution in [3.05, 3.63) is 22.8 Å². The van der Waals surface area contributed by atoms with E-state index in [4.69, 9.17) is 16.8 Å². The maximum absolute atomic E-state index is 5.15. The zero-order valence-corrected chi connectivity index (χ0v) is 18.0. The van der Waals surface area contributed by atoms with E-state index in [-0.39, 0.29) is 0 Å². The SMILES string of the molecule is S=[P+]=[Tl][n]1cc(Br)c2ccc(N3CCNCC3)nc21. The van der Waals surface area contributed by atoms with Crippen LogP contribution in [0.25, 0.3) is 11.0 Å². The van der Waals surface area contributed by atoms with E-state index in [1.54, 1.807) is 0 Å². The fraction of sp³-hybridized carbons (Fsp3) is 0.364. The van der Waals surface area contributed by atoms with Gasteiger partial charge in [0.2, 0.25) is 0 Å². The quantitative estimate of drug-likeness (QED) is 0.461. The number of hydrogen-bond donors (Lipinski definition) is 1. The molecule has 0 atom stereocenters. The third-order valence-electron chi connectivity index (χ3n) is 3.23. The molecule has 0 aliphatic carbocycles. The second kappa shape index (κ2) is 6.51. The van der Waals surface area contributed by atoms with E-state index in [1.165, 1.54) is 5.39 Å². The first-order valence-electron chi connectivity index (χ1n) is 6.08. The summed E-state index contributed by atoms with van der Waals surface area (Å²) in [4.78, 5) is 7.22. The average Bonchev–Trinajstić information content (AvgIpc) is 2.77. The van der Waals surface area contributed by atoms with Crippen molar-refractivity contribution in [2.45, 2.75) is 0 Å². The number of aromatic nitrogens is 2. The Balaban J connectivity index is 2.08. The van der Waals surface area contributed by atoms with Crippen LogP contribution in [0.4, 0.5) is 5.82 Å². The van der Waals surface area contributed by atoms with Gasteiger partial charge < -0.3 is 0 Å². The molecule has 0 radical (unpaired) electrons. The molecule has 0 amide bonds. The van der Waals surface area contributed by atoms with Crippen LogP contribution in [0.15, 0.2) is 22.8 Å². The van der Waals surface area contributed by atoms with Crippen molar-refractivity contribution in [3.63, 3.8) is 0 Å². The predicted octanol–water partition coefficient (Wildman–Crippen LogP) is 2.00. The second-order valence-corrected chi connectivity index (χ2v) is 18.5. The normalized spacial score (nSPS) is 15.5. The third-order valence-corrected chi connectivity index (χ3v) is 12.2. The molecule has 4 nitrogen and oxygen atoms in total. The molecule has 1 fully saturated rings. The molecule has 0 aromatic carbocycles. The molecular weight excluding hydrogens is 535 g/mol. The number of fused-ring (bicyclic) bond motifs is 1. The van der Waals surface area contributed by atoms with Crippen LogP contribution in [0.5, 0.6) is 0 Å². The predicted molar refractivity (Wildman–Crippen MR) is 88.0 cm³/mol. The summed E-state index contributed by atoms with van der Waals surface area (Å²) < 4.78 is 4.61. The van der Waals surface area contributed by atoms with E-state index < -0.39 is 23.4 Å². The Labute approximate surface area is 137 Å². The van der Waals surface area contributed by atoms with Gasteiger partial charge in [0.25, 0.3) is 0 Å². The number of hydrogen-bond acceptors (Lipinski definition) is 4. The summed E-state index contributed by atoms with van der Waals surface area (Å²) in [5, 5.41) is 4.57. The maximum atomic E-state index is 5.15. The van der Waals surface area contributed by atoms with Crippen LogP contribution < -0.4 is 10.2 Å². The fourth-order valence-electron chi connectivity index (χ4n) is 2.28. The summed E-state index contributed by atoms with van der Waals surface area (Å²) in [5.74, 6) is 1.09. The van der Waals surface area contributed by atoms with Gasteiger partial charge in [0.1, 0.15) is 0 Å². The molecule has 1 aliphatic rings. The van der Waals surface area contributed by atoms with Crippen molar-refractivity contribution in [3.8, 4) is 0 Å². The number of anilines is 1. The van der Waals surface area contributed by atoms with Crippen molar-refractivity contribution < 1.29 is 0 Å². The summed E-state index contributed by atoms with van der Waals surface area (Å²) in [6.07, 6.45) is 2.16. The average molecular weight is 548 g/mol. The summed E-state index contributed by atoms with van der Waals surface area (Å²) >= 11 is 7.67. The van der Waals surface area contributed by atoms with Crippen LogP contribution in [0.2, 0.25) is 0 Å².